The van der Waals surface area contributed by atoms with Crippen molar-refractivity contribution >= 4 is 50.0 Å². The summed E-state index contributed by atoms with van der Waals surface area (Å²) in [6.07, 6.45) is 3.95. The quantitative estimate of drug-likeness (QED) is 0.588. The van der Waals surface area contributed by atoms with Crippen LogP contribution in [0.4, 0.5) is 10.8 Å². The van der Waals surface area contributed by atoms with E-state index in [0.717, 1.165) is 36.6 Å². The molecule has 1 amide bonds. The van der Waals surface area contributed by atoms with E-state index in [1.165, 1.54) is 26.9 Å². The van der Waals surface area contributed by atoms with Gasteiger partial charge in [0.25, 0.3) is 5.56 Å². The van der Waals surface area contributed by atoms with E-state index in [4.69, 9.17) is 11.6 Å². The monoisotopic (exact) mass is 475 g/mol. The van der Waals surface area contributed by atoms with E-state index < -0.39 is 11.6 Å². The molecule has 1 N–H and O–H groups in total. The number of anilines is 2. The van der Waals surface area contributed by atoms with Crippen molar-refractivity contribution in [3.63, 3.8) is 0 Å². The summed E-state index contributed by atoms with van der Waals surface area (Å²) in [7, 11) is 0. The smallest absolute Gasteiger partial charge is 0.333 e. The van der Waals surface area contributed by atoms with Crippen LogP contribution in [0.3, 0.4) is 0 Å². The predicted molar refractivity (Wildman–Crippen MR) is 129 cm³/mol. The molecule has 0 aliphatic carbocycles. The number of piperidine rings is 1. The van der Waals surface area contributed by atoms with E-state index in [9.17, 15) is 14.4 Å². The van der Waals surface area contributed by atoms with Crippen LogP contribution in [-0.2, 0) is 17.9 Å². The minimum Gasteiger partial charge on any atom is -0.348 e. The van der Waals surface area contributed by atoms with Gasteiger partial charge in [0.05, 0.1) is 10.7 Å². The fourth-order valence-corrected chi connectivity index (χ4v) is 5.26. The molecule has 0 atom stereocenters. The van der Waals surface area contributed by atoms with Gasteiger partial charge < -0.3 is 10.2 Å². The Hall–Kier alpha value is -2.65. The lowest BCUT2D eigenvalue weighted by Crippen LogP contribution is -2.41. The van der Waals surface area contributed by atoms with Gasteiger partial charge in [-0.3, -0.25) is 18.7 Å². The molecule has 8 nitrogen and oxygen atoms in total. The van der Waals surface area contributed by atoms with Crippen LogP contribution in [0.2, 0.25) is 5.02 Å². The maximum absolute atomic E-state index is 13.1. The van der Waals surface area contributed by atoms with Gasteiger partial charge in [-0.05, 0) is 50.3 Å². The van der Waals surface area contributed by atoms with Crippen LogP contribution < -0.4 is 21.5 Å². The van der Waals surface area contributed by atoms with Crippen LogP contribution in [0, 0.1) is 6.92 Å². The van der Waals surface area contributed by atoms with Gasteiger partial charge in [0.1, 0.15) is 11.2 Å². The average Bonchev–Trinajstić information content (AvgIpc) is 3.22. The van der Waals surface area contributed by atoms with Crippen LogP contribution >= 0.6 is 22.9 Å². The number of nitrogens with zero attached hydrogens (tertiary/aromatic N) is 4. The number of carbonyl (C=O) groups excluding carboxylic acids is 1. The lowest BCUT2D eigenvalue weighted by Gasteiger charge is -2.25. The highest BCUT2D eigenvalue weighted by Crippen LogP contribution is 2.28. The molecule has 0 spiro atoms. The first-order valence-electron chi connectivity index (χ1n) is 10.8. The summed E-state index contributed by atoms with van der Waals surface area (Å²) in [5.74, 6) is -0.409. The van der Waals surface area contributed by atoms with Crippen LogP contribution in [0.15, 0.2) is 27.8 Å². The first-order valence-corrected chi connectivity index (χ1v) is 12.0. The molecule has 3 aromatic rings. The number of rotatable bonds is 6. The molecule has 10 heteroatoms. The van der Waals surface area contributed by atoms with Gasteiger partial charge in [-0.2, -0.15) is 0 Å². The van der Waals surface area contributed by atoms with Gasteiger partial charge in [-0.25, -0.2) is 9.78 Å². The summed E-state index contributed by atoms with van der Waals surface area (Å²) in [6.45, 7) is 5.59. The van der Waals surface area contributed by atoms with Crippen LogP contribution in [0.1, 0.15) is 38.2 Å². The number of benzene rings is 1. The van der Waals surface area contributed by atoms with E-state index in [1.807, 2.05) is 19.9 Å². The molecular formula is C22H26ClN5O3S. The summed E-state index contributed by atoms with van der Waals surface area (Å²) < 4.78 is 2.90. The Morgan fingerprint density at radius 1 is 1.19 bits per heavy atom. The second kappa shape index (κ2) is 9.46. The average molecular weight is 476 g/mol. The Kier molecular flexibility index (Phi) is 6.66. The molecule has 3 heterocycles. The maximum atomic E-state index is 13.1. The molecule has 1 fully saturated rings. The van der Waals surface area contributed by atoms with Gasteiger partial charge in [0, 0.05) is 19.6 Å². The number of fused-ring (bicyclic) bond motifs is 1. The molecular weight excluding hydrogens is 450 g/mol. The standard InChI is InChI=1S/C22H26ClN5O3S/c1-3-9-27-20(30)18-19(25-21(32-18)26-10-5-4-6-11-26)28(22(27)31)13-17(29)24-16-8-7-14(2)12-15(16)23/h7-8,12H,3-6,9-11,13H2,1-2H3,(H,24,29). The van der Waals surface area contributed by atoms with E-state index in [0.29, 0.717) is 21.8 Å². The van der Waals surface area contributed by atoms with Crippen molar-refractivity contribution < 1.29 is 4.79 Å². The molecule has 0 saturated carbocycles. The second-order valence-electron chi connectivity index (χ2n) is 8.05. The normalized spacial score (nSPS) is 14.2. The van der Waals surface area contributed by atoms with E-state index in [2.05, 4.69) is 15.2 Å². The fraction of sp³-hybridized carbons (Fsp3) is 0.455. The highest BCUT2D eigenvalue weighted by molar-refractivity contribution is 7.22. The summed E-state index contributed by atoms with van der Waals surface area (Å²) in [6, 6.07) is 5.33. The number of halogens is 1. The second-order valence-corrected chi connectivity index (χ2v) is 9.44. The van der Waals surface area contributed by atoms with Gasteiger partial charge in [0.2, 0.25) is 5.91 Å². The van der Waals surface area contributed by atoms with Crippen molar-refractivity contribution in [3.8, 4) is 0 Å². The minimum atomic E-state index is -0.523. The SMILES string of the molecule is CCCn1c(=O)c2sc(N3CCCCC3)nc2n(CC(=O)Nc2ccc(C)cc2Cl)c1=O. The molecule has 0 bridgehead atoms. The molecule has 1 saturated heterocycles. The number of thiazole rings is 1. The van der Waals surface area contributed by atoms with Crippen LogP contribution in [0.5, 0.6) is 0 Å². The zero-order chi connectivity index (χ0) is 22.8. The van der Waals surface area contributed by atoms with E-state index >= 15 is 0 Å². The first kappa shape index (κ1) is 22.5. The lowest BCUT2D eigenvalue weighted by atomic mass is 10.1. The first-order chi connectivity index (χ1) is 15.4. The highest BCUT2D eigenvalue weighted by Gasteiger charge is 2.22. The van der Waals surface area contributed by atoms with Gasteiger partial charge in [-0.1, -0.05) is 35.9 Å². The predicted octanol–water partition coefficient (Wildman–Crippen LogP) is 3.62. The van der Waals surface area contributed by atoms with E-state index in [-0.39, 0.29) is 24.3 Å². The molecule has 1 aliphatic rings. The number of hydrogen-bond donors (Lipinski definition) is 1. The van der Waals surface area contributed by atoms with Crippen molar-refractivity contribution in [2.45, 2.75) is 52.6 Å². The van der Waals surface area contributed by atoms with Crippen molar-refractivity contribution in [2.24, 2.45) is 0 Å². The van der Waals surface area contributed by atoms with Gasteiger partial charge >= 0.3 is 5.69 Å². The number of carbonyl (C=O) groups is 1. The third kappa shape index (κ3) is 4.45. The molecule has 2 aromatic heterocycles. The minimum absolute atomic E-state index is 0.257. The number of hydrogen-bond acceptors (Lipinski definition) is 6. The summed E-state index contributed by atoms with van der Waals surface area (Å²) in [5.41, 5.74) is 0.852. The largest absolute Gasteiger partial charge is 0.348 e. The maximum Gasteiger partial charge on any atom is 0.333 e. The summed E-state index contributed by atoms with van der Waals surface area (Å²) in [5, 5.41) is 3.91. The van der Waals surface area contributed by atoms with Crippen LogP contribution in [-0.4, -0.2) is 33.1 Å². The molecule has 1 aromatic carbocycles. The number of aryl methyl sites for hydroxylation is 1. The Labute approximate surface area is 194 Å². The number of aromatic nitrogens is 3. The topological polar surface area (TPSA) is 89.2 Å². The number of amides is 1. The molecule has 32 heavy (non-hydrogen) atoms. The summed E-state index contributed by atoms with van der Waals surface area (Å²) >= 11 is 7.53. The third-order valence-electron chi connectivity index (χ3n) is 5.53. The summed E-state index contributed by atoms with van der Waals surface area (Å²) in [4.78, 5) is 45.8. The van der Waals surface area contributed by atoms with Gasteiger partial charge in [-0.15, -0.1) is 0 Å². The fourth-order valence-electron chi connectivity index (χ4n) is 3.91. The van der Waals surface area contributed by atoms with Crippen molar-refractivity contribution in [1.29, 1.82) is 0 Å². The Morgan fingerprint density at radius 2 is 1.94 bits per heavy atom. The van der Waals surface area contributed by atoms with Crippen molar-refractivity contribution in [1.82, 2.24) is 14.1 Å². The van der Waals surface area contributed by atoms with Crippen LogP contribution in [0.25, 0.3) is 10.3 Å². The third-order valence-corrected chi connectivity index (χ3v) is 6.94. The van der Waals surface area contributed by atoms with Crippen molar-refractivity contribution in [3.05, 3.63) is 49.6 Å². The molecule has 1 aliphatic heterocycles. The molecule has 0 unspecified atom stereocenters. The van der Waals surface area contributed by atoms with E-state index in [1.54, 1.807) is 12.1 Å². The zero-order valence-corrected chi connectivity index (χ0v) is 19.8. The molecule has 170 valence electrons. The van der Waals surface area contributed by atoms with Gasteiger partial charge in [0.15, 0.2) is 10.8 Å². The zero-order valence-electron chi connectivity index (χ0n) is 18.2. The molecule has 0 radical (unpaired) electrons. The van der Waals surface area contributed by atoms with Crippen molar-refractivity contribution in [2.75, 3.05) is 23.3 Å². The number of nitrogens with one attached hydrogen (secondary N) is 1. The lowest BCUT2D eigenvalue weighted by molar-refractivity contribution is -0.116. The molecule has 4 rings (SSSR count). The Bertz CT molecular complexity index is 1270. The Balaban J connectivity index is 1.74. The Morgan fingerprint density at radius 3 is 2.62 bits per heavy atom. The highest BCUT2D eigenvalue weighted by atomic mass is 35.5.